The van der Waals surface area contributed by atoms with Crippen molar-refractivity contribution in [2.24, 2.45) is 0 Å². The second-order valence-electron chi connectivity index (χ2n) is 4.99. The zero-order valence-electron chi connectivity index (χ0n) is 11.9. The summed E-state index contributed by atoms with van der Waals surface area (Å²) in [5.74, 6) is 0. The molecule has 23 heavy (non-hydrogen) atoms. The number of halogens is 1. The van der Waals surface area contributed by atoms with E-state index in [9.17, 15) is 13.5 Å². The molecule has 0 aliphatic carbocycles. The van der Waals surface area contributed by atoms with Crippen molar-refractivity contribution in [2.75, 3.05) is 6.54 Å². The molecule has 1 unspecified atom stereocenters. The molecule has 0 aliphatic rings. The predicted octanol–water partition coefficient (Wildman–Crippen LogP) is 3.57. The third-order valence-electron chi connectivity index (χ3n) is 3.46. The van der Waals surface area contributed by atoms with Gasteiger partial charge in [0.1, 0.15) is 4.21 Å². The van der Waals surface area contributed by atoms with E-state index >= 15 is 0 Å². The van der Waals surface area contributed by atoms with Crippen LogP contribution in [0.1, 0.15) is 11.7 Å². The van der Waals surface area contributed by atoms with Crippen LogP contribution in [0.4, 0.5) is 0 Å². The number of fused-ring (bicyclic) bond motifs is 1. The molecule has 1 aromatic heterocycles. The Labute approximate surface area is 143 Å². The minimum atomic E-state index is -3.67. The number of hydrogen-bond acceptors (Lipinski definition) is 4. The van der Waals surface area contributed by atoms with Crippen molar-refractivity contribution in [1.82, 2.24) is 4.72 Å². The standard InChI is InChI=1S/C16H14ClNO3S2/c17-15-8-9-16(22-15)23(20,21)18-10-14(19)13-7-3-5-11-4-1-2-6-12(11)13/h1-9,14,18-19H,10H2. The quantitative estimate of drug-likeness (QED) is 0.724. The van der Waals surface area contributed by atoms with Crippen molar-refractivity contribution in [2.45, 2.75) is 10.3 Å². The minimum Gasteiger partial charge on any atom is -0.387 e. The molecule has 0 radical (unpaired) electrons. The van der Waals surface area contributed by atoms with Crippen molar-refractivity contribution in [3.8, 4) is 0 Å². The largest absolute Gasteiger partial charge is 0.387 e. The summed E-state index contributed by atoms with van der Waals surface area (Å²) in [5, 5.41) is 12.3. The van der Waals surface area contributed by atoms with Gasteiger partial charge in [-0.15, -0.1) is 11.3 Å². The lowest BCUT2D eigenvalue weighted by Crippen LogP contribution is -2.28. The fraction of sp³-hybridized carbons (Fsp3) is 0.125. The highest BCUT2D eigenvalue weighted by molar-refractivity contribution is 7.91. The summed E-state index contributed by atoms with van der Waals surface area (Å²) in [6.07, 6.45) is -0.939. The number of aliphatic hydroxyl groups excluding tert-OH is 1. The Bertz CT molecular complexity index is 932. The molecule has 0 spiro atoms. The molecule has 0 aliphatic heterocycles. The van der Waals surface area contributed by atoms with Crippen LogP contribution in [0.15, 0.2) is 58.8 Å². The van der Waals surface area contributed by atoms with Crippen molar-refractivity contribution >= 4 is 43.7 Å². The first-order chi connectivity index (χ1) is 11.0. The Morgan fingerprint density at radius 1 is 1.09 bits per heavy atom. The zero-order valence-corrected chi connectivity index (χ0v) is 14.3. The highest BCUT2D eigenvalue weighted by atomic mass is 35.5. The summed E-state index contributed by atoms with van der Waals surface area (Å²) >= 11 is 6.75. The van der Waals surface area contributed by atoms with E-state index in [0.29, 0.717) is 9.90 Å². The maximum Gasteiger partial charge on any atom is 0.250 e. The molecule has 0 saturated carbocycles. The normalized spacial score (nSPS) is 13.3. The average molecular weight is 368 g/mol. The molecule has 0 bridgehead atoms. The van der Waals surface area contributed by atoms with Gasteiger partial charge >= 0.3 is 0 Å². The lowest BCUT2D eigenvalue weighted by atomic mass is 10.0. The maximum atomic E-state index is 12.2. The van der Waals surface area contributed by atoms with Crippen LogP contribution in [0, 0.1) is 0 Å². The topological polar surface area (TPSA) is 66.4 Å². The number of thiophene rings is 1. The Morgan fingerprint density at radius 3 is 2.57 bits per heavy atom. The molecule has 0 amide bonds. The highest BCUT2D eigenvalue weighted by Crippen LogP contribution is 2.27. The van der Waals surface area contributed by atoms with Gasteiger partial charge < -0.3 is 5.11 Å². The van der Waals surface area contributed by atoms with Gasteiger partial charge in [-0.1, -0.05) is 54.1 Å². The van der Waals surface area contributed by atoms with Gasteiger partial charge in [0.25, 0.3) is 0 Å². The molecule has 1 atom stereocenters. The molecular formula is C16H14ClNO3S2. The summed E-state index contributed by atoms with van der Waals surface area (Å²) < 4.78 is 27.3. The second-order valence-corrected chi connectivity index (χ2v) is 8.70. The SMILES string of the molecule is O=S(=O)(NCC(O)c1cccc2ccccc12)c1ccc(Cl)s1. The number of nitrogens with one attached hydrogen (secondary N) is 1. The molecular weight excluding hydrogens is 354 g/mol. The van der Waals surface area contributed by atoms with E-state index in [1.807, 2.05) is 36.4 Å². The molecule has 0 fully saturated rings. The van der Waals surface area contributed by atoms with Crippen LogP contribution in [0.3, 0.4) is 0 Å². The molecule has 7 heteroatoms. The van der Waals surface area contributed by atoms with E-state index in [2.05, 4.69) is 4.72 Å². The Balaban J connectivity index is 1.80. The monoisotopic (exact) mass is 367 g/mol. The number of aliphatic hydroxyl groups is 1. The molecule has 2 N–H and O–H groups in total. The number of sulfonamides is 1. The summed E-state index contributed by atoms with van der Waals surface area (Å²) in [6.45, 7) is -0.105. The van der Waals surface area contributed by atoms with E-state index in [0.717, 1.165) is 22.1 Å². The molecule has 4 nitrogen and oxygen atoms in total. The van der Waals surface area contributed by atoms with Crippen LogP contribution in [-0.2, 0) is 10.0 Å². The Morgan fingerprint density at radius 2 is 1.83 bits per heavy atom. The van der Waals surface area contributed by atoms with E-state index in [4.69, 9.17) is 11.6 Å². The van der Waals surface area contributed by atoms with Gasteiger partial charge in [0, 0.05) is 6.54 Å². The second kappa shape index (κ2) is 6.59. The molecule has 120 valence electrons. The van der Waals surface area contributed by atoms with Crippen LogP contribution in [0.5, 0.6) is 0 Å². The van der Waals surface area contributed by atoms with Gasteiger partial charge in [-0.2, -0.15) is 0 Å². The predicted molar refractivity (Wildman–Crippen MR) is 93.4 cm³/mol. The van der Waals surface area contributed by atoms with Crippen LogP contribution in [0.25, 0.3) is 10.8 Å². The fourth-order valence-corrected chi connectivity index (χ4v) is 4.92. The summed E-state index contributed by atoms with van der Waals surface area (Å²) in [6, 6.07) is 16.2. The van der Waals surface area contributed by atoms with E-state index in [1.54, 1.807) is 6.07 Å². The average Bonchev–Trinajstić information content (AvgIpc) is 2.99. The number of benzene rings is 2. The van der Waals surface area contributed by atoms with Crippen LogP contribution >= 0.6 is 22.9 Å². The van der Waals surface area contributed by atoms with Gasteiger partial charge in [0.2, 0.25) is 10.0 Å². The number of hydrogen-bond donors (Lipinski definition) is 2. The van der Waals surface area contributed by atoms with Crippen molar-refractivity contribution in [3.05, 3.63) is 64.5 Å². The van der Waals surface area contributed by atoms with Crippen LogP contribution < -0.4 is 4.72 Å². The zero-order chi connectivity index (χ0) is 16.4. The highest BCUT2D eigenvalue weighted by Gasteiger charge is 2.19. The third-order valence-corrected chi connectivity index (χ3v) is 6.61. The molecule has 1 heterocycles. The minimum absolute atomic E-state index is 0.105. The first kappa shape index (κ1) is 16.4. The van der Waals surface area contributed by atoms with Crippen molar-refractivity contribution in [1.29, 1.82) is 0 Å². The molecule has 3 aromatic rings. The third kappa shape index (κ3) is 3.57. The first-order valence-electron chi connectivity index (χ1n) is 6.88. The van der Waals surface area contributed by atoms with Gasteiger partial charge in [0.15, 0.2) is 0 Å². The van der Waals surface area contributed by atoms with E-state index < -0.39 is 16.1 Å². The Hall–Kier alpha value is -1.44. The Kier molecular flexibility index (Phi) is 4.70. The summed E-state index contributed by atoms with van der Waals surface area (Å²) in [7, 11) is -3.67. The first-order valence-corrected chi connectivity index (χ1v) is 9.56. The summed E-state index contributed by atoms with van der Waals surface area (Å²) in [5.41, 5.74) is 0.690. The smallest absolute Gasteiger partial charge is 0.250 e. The van der Waals surface area contributed by atoms with Crippen LogP contribution in [-0.4, -0.2) is 20.1 Å². The van der Waals surface area contributed by atoms with E-state index in [1.165, 1.54) is 12.1 Å². The molecule has 0 saturated heterocycles. The van der Waals surface area contributed by atoms with E-state index in [-0.39, 0.29) is 10.8 Å². The molecule has 2 aromatic carbocycles. The van der Waals surface area contributed by atoms with Gasteiger partial charge in [0.05, 0.1) is 10.4 Å². The van der Waals surface area contributed by atoms with Gasteiger partial charge in [-0.05, 0) is 28.5 Å². The van der Waals surface area contributed by atoms with Gasteiger partial charge in [-0.25, -0.2) is 13.1 Å². The van der Waals surface area contributed by atoms with Gasteiger partial charge in [-0.3, -0.25) is 0 Å². The lowest BCUT2D eigenvalue weighted by Gasteiger charge is -2.14. The number of rotatable bonds is 5. The van der Waals surface area contributed by atoms with Crippen molar-refractivity contribution in [3.63, 3.8) is 0 Å². The van der Waals surface area contributed by atoms with Crippen molar-refractivity contribution < 1.29 is 13.5 Å². The maximum absolute atomic E-state index is 12.2. The summed E-state index contributed by atoms with van der Waals surface area (Å²) in [4.78, 5) is 0. The fourth-order valence-electron chi connectivity index (χ4n) is 2.35. The lowest BCUT2D eigenvalue weighted by molar-refractivity contribution is 0.183. The van der Waals surface area contributed by atoms with Crippen LogP contribution in [0.2, 0.25) is 4.34 Å². The molecule has 3 rings (SSSR count).